The number of hydrogen-bond acceptors (Lipinski definition) is 8. The molecule has 0 spiro atoms. The predicted molar refractivity (Wildman–Crippen MR) is 143 cm³/mol. The number of rotatable bonds is 8. The number of aromatic nitrogens is 4. The Morgan fingerprint density at radius 3 is 2.51 bits per heavy atom. The van der Waals surface area contributed by atoms with Crippen molar-refractivity contribution in [3.05, 3.63) is 42.2 Å². The summed E-state index contributed by atoms with van der Waals surface area (Å²) in [6.07, 6.45) is -2.91. The Bertz CT molecular complexity index is 1430. The Balaban J connectivity index is 1.53. The first-order valence-corrected chi connectivity index (χ1v) is 13.4. The molecular weight excluding hydrogens is 583 g/mol. The van der Waals surface area contributed by atoms with E-state index >= 15 is 0 Å². The number of amides is 2. The Labute approximate surface area is 243 Å². The molecule has 3 aromatic heterocycles. The van der Waals surface area contributed by atoms with Gasteiger partial charge in [0.15, 0.2) is 11.4 Å². The summed E-state index contributed by atoms with van der Waals surface area (Å²) in [6, 6.07) is 2.28. The average molecular weight is 615 g/mol. The molecule has 43 heavy (non-hydrogen) atoms. The average Bonchev–Trinajstić information content (AvgIpc) is 3.59. The summed E-state index contributed by atoms with van der Waals surface area (Å²) in [6.45, 7) is 2.88. The van der Waals surface area contributed by atoms with E-state index in [0.717, 1.165) is 31.4 Å². The molecule has 11 nitrogen and oxygen atoms in total. The molecule has 2 amide bonds. The first-order chi connectivity index (χ1) is 20.1. The number of nitrogens with zero attached hydrogens (tertiary/aromatic N) is 5. The second kappa shape index (κ2) is 12.7. The summed E-state index contributed by atoms with van der Waals surface area (Å²) < 4.78 is 79.2. The molecule has 0 saturated heterocycles. The molecule has 0 aliphatic heterocycles. The fourth-order valence-corrected chi connectivity index (χ4v) is 4.57. The van der Waals surface area contributed by atoms with E-state index in [-0.39, 0.29) is 41.4 Å². The van der Waals surface area contributed by atoms with Gasteiger partial charge in [-0.3, -0.25) is 14.4 Å². The highest BCUT2D eigenvalue weighted by molar-refractivity contribution is 6.03. The van der Waals surface area contributed by atoms with Gasteiger partial charge in [-0.05, 0) is 64.5 Å². The molecule has 3 aromatic rings. The van der Waals surface area contributed by atoms with Gasteiger partial charge in [0, 0.05) is 24.6 Å². The van der Waals surface area contributed by atoms with Crippen molar-refractivity contribution < 1.29 is 45.8 Å². The number of aliphatic hydroxyl groups excluding tert-OH is 1. The van der Waals surface area contributed by atoms with Crippen LogP contribution in [0.3, 0.4) is 0 Å². The van der Waals surface area contributed by atoms with Gasteiger partial charge in [-0.25, -0.2) is 23.5 Å². The fourth-order valence-electron chi connectivity index (χ4n) is 4.57. The molecule has 0 atom stereocenters. The third-order valence-corrected chi connectivity index (χ3v) is 6.62. The van der Waals surface area contributed by atoms with Crippen molar-refractivity contribution in [1.29, 1.82) is 0 Å². The number of hydrogen-bond donors (Lipinski definition) is 2. The number of carbonyl (C=O) groups is 2. The van der Waals surface area contributed by atoms with Crippen LogP contribution in [-0.4, -0.2) is 61.8 Å². The van der Waals surface area contributed by atoms with Crippen molar-refractivity contribution in [2.24, 2.45) is 5.92 Å². The number of alkyl halides is 5. The SMILES string of the molecule is CC(C)(C)OC(=O)N(CC(F)(F)F)c1cc(-c2nc(C(=O)Nc3cn(C4CCC(CO)CC4)nc3C(F)F)co2)ccn1. The van der Waals surface area contributed by atoms with E-state index in [1.165, 1.54) is 37.7 Å². The summed E-state index contributed by atoms with van der Waals surface area (Å²) in [4.78, 5) is 33.7. The number of pyridine rings is 1. The van der Waals surface area contributed by atoms with Crippen LogP contribution in [0.25, 0.3) is 11.5 Å². The van der Waals surface area contributed by atoms with Crippen LogP contribution in [0, 0.1) is 5.92 Å². The second-order valence-corrected chi connectivity index (χ2v) is 11.1. The zero-order valence-electron chi connectivity index (χ0n) is 23.6. The van der Waals surface area contributed by atoms with Gasteiger partial charge in [-0.1, -0.05) is 0 Å². The number of oxazole rings is 1. The van der Waals surface area contributed by atoms with Gasteiger partial charge in [-0.2, -0.15) is 18.3 Å². The molecule has 3 heterocycles. The van der Waals surface area contributed by atoms with Crippen LogP contribution in [0.5, 0.6) is 0 Å². The first-order valence-electron chi connectivity index (χ1n) is 13.4. The minimum Gasteiger partial charge on any atom is -0.444 e. The minimum absolute atomic E-state index is 0.0610. The summed E-state index contributed by atoms with van der Waals surface area (Å²) >= 11 is 0. The van der Waals surface area contributed by atoms with Crippen molar-refractivity contribution in [1.82, 2.24) is 19.7 Å². The number of aliphatic hydroxyl groups is 1. The highest BCUT2D eigenvalue weighted by Crippen LogP contribution is 2.35. The summed E-state index contributed by atoms with van der Waals surface area (Å²) in [5.41, 5.74) is -2.13. The lowest BCUT2D eigenvalue weighted by molar-refractivity contribution is -0.119. The van der Waals surface area contributed by atoms with Crippen LogP contribution >= 0.6 is 0 Å². The van der Waals surface area contributed by atoms with Crippen LogP contribution in [-0.2, 0) is 4.74 Å². The van der Waals surface area contributed by atoms with Crippen molar-refractivity contribution in [2.45, 2.75) is 70.7 Å². The third kappa shape index (κ3) is 8.27. The molecule has 0 bridgehead atoms. The zero-order valence-corrected chi connectivity index (χ0v) is 23.6. The van der Waals surface area contributed by atoms with Crippen LogP contribution in [0.2, 0.25) is 0 Å². The standard InChI is InChI=1S/C27H31F5N6O5/c1-26(2,3)43-25(41)37(14-27(30,31)32)20-10-16(8-9-33-20)24-35-19(13-42-24)23(40)34-18-11-38(36-21(18)22(28)29)17-6-4-15(12-39)5-7-17/h8-11,13,15,17,22,39H,4-7,12,14H2,1-3H3,(H,34,40). The molecule has 1 fully saturated rings. The maximum absolute atomic E-state index is 13.7. The normalized spacial score (nSPS) is 17.6. The highest BCUT2D eigenvalue weighted by Gasteiger charge is 2.37. The molecule has 234 valence electrons. The lowest BCUT2D eigenvalue weighted by Crippen LogP contribution is -2.42. The fraction of sp³-hybridized carbons (Fsp3) is 0.519. The van der Waals surface area contributed by atoms with Crippen molar-refractivity contribution >= 4 is 23.5 Å². The molecule has 1 aliphatic carbocycles. The van der Waals surface area contributed by atoms with Crippen LogP contribution in [0.1, 0.15) is 75.1 Å². The van der Waals surface area contributed by atoms with E-state index in [1.807, 2.05) is 0 Å². The summed E-state index contributed by atoms with van der Waals surface area (Å²) in [7, 11) is 0. The van der Waals surface area contributed by atoms with Gasteiger partial charge in [0.25, 0.3) is 12.3 Å². The smallest absolute Gasteiger partial charge is 0.416 e. The van der Waals surface area contributed by atoms with E-state index in [0.29, 0.717) is 17.7 Å². The summed E-state index contributed by atoms with van der Waals surface area (Å²) in [5, 5.41) is 15.7. The van der Waals surface area contributed by atoms with Gasteiger partial charge in [-0.15, -0.1) is 0 Å². The van der Waals surface area contributed by atoms with Gasteiger partial charge >= 0.3 is 12.3 Å². The number of nitrogens with one attached hydrogen (secondary N) is 1. The van der Waals surface area contributed by atoms with Gasteiger partial charge in [0.05, 0.1) is 11.7 Å². The molecule has 0 unspecified atom stereocenters. The Morgan fingerprint density at radius 2 is 1.91 bits per heavy atom. The second-order valence-electron chi connectivity index (χ2n) is 11.1. The molecule has 2 N–H and O–H groups in total. The van der Waals surface area contributed by atoms with Crippen LogP contribution < -0.4 is 10.2 Å². The summed E-state index contributed by atoms with van der Waals surface area (Å²) in [5.74, 6) is -1.34. The molecule has 1 saturated carbocycles. The van der Waals surface area contributed by atoms with Gasteiger partial charge in [0.1, 0.15) is 24.2 Å². The Morgan fingerprint density at radius 1 is 1.21 bits per heavy atom. The molecule has 1 aliphatic rings. The van der Waals surface area contributed by atoms with Crippen molar-refractivity contribution in [3.63, 3.8) is 0 Å². The first kappa shape index (κ1) is 31.8. The quantitative estimate of drug-likeness (QED) is 0.289. The largest absolute Gasteiger partial charge is 0.444 e. The molecular formula is C27H31F5N6O5. The molecule has 0 aromatic carbocycles. The highest BCUT2D eigenvalue weighted by atomic mass is 19.4. The minimum atomic E-state index is -4.77. The van der Waals surface area contributed by atoms with E-state index < -0.39 is 48.3 Å². The predicted octanol–water partition coefficient (Wildman–Crippen LogP) is 6.15. The lowest BCUT2D eigenvalue weighted by Gasteiger charge is -2.27. The molecule has 0 radical (unpaired) electrons. The van der Waals surface area contributed by atoms with E-state index in [1.54, 1.807) is 0 Å². The number of ether oxygens (including phenoxy) is 1. The monoisotopic (exact) mass is 614 g/mol. The van der Waals surface area contributed by atoms with E-state index in [4.69, 9.17) is 9.15 Å². The van der Waals surface area contributed by atoms with E-state index in [9.17, 15) is 36.6 Å². The lowest BCUT2D eigenvalue weighted by atomic mass is 9.87. The van der Waals surface area contributed by atoms with Crippen molar-refractivity contribution in [2.75, 3.05) is 23.4 Å². The molecule has 4 rings (SSSR count). The van der Waals surface area contributed by atoms with Crippen molar-refractivity contribution in [3.8, 4) is 11.5 Å². The van der Waals surface area contributed by atoms with Crippen LogP contribution in [0.15, 0.2) is 35.2 Å². The van der Waals surface area contributed by atoms with Crippen LogP contribution in [0.4, 0.5) is 38.3 Å². The number of halogens is 5. The maximum atomic E-state index is 13.7. The Kier molecular flexibility index (Phi) is 9.37. The number of carbonyl (C=O) groups excluding carboxylic acids is 2. The number of anilines is 2. The maximum Gasteiger partial charge on any atom is 0.416 e. The van der Waals surface area contributed by atoms with E-state index in [2.05, 4.69) is 20.4 Å². The zero-order chi connectivity index (χ0) is 31.5. The van der Waals surface area contributed by atoms with Gasteiger partial charge in [0.2, 0.25) is 5.89 Å². The third-order valence-electron chi connectivity index (χ3n) is 6.62. The molecule has 16 heteroatoms. The topological polar surface area (TPSA) is 136 Å². The van der Waals surface area contributed by atoms with Gasteiger partial charge < -0.3 is 19.6 Å². The Hall–Kier alpha value is -4.08.